The van der Waals surface area contributed by atoms with Gasteiger partial charge in [-0.1, -0.05) is 6.07 Å². The number of ether oxygens (including phenoxy) is 2. The van der Waals surface area contributed by atoms with Crippen molar-refractivity contribution >= 4 is 11.6 Å². The first-order valence-corrected chi connectivity index (χ1v) is 6.42. The molecule has 0 radical (unpaired) electrons. The molecule has 0 heterocycles. The molecule has 5 heteroatoms. The van der Waals surface area contributed by atoms with Gasteiger partial charge in [0.25, 0.3) is 0 Å². The maximum Gasteiger partial charge on any atom is 0.250 e. The number of nitriles is 1. The van der Waals surface area contributed by atoms with Crippen LogP contribution in [0.3, 0.4) is 0 Å². The summed E-state index contributed by atoms with van der Waals surface area (Å²) in [6, 6.07) is 8.74. The van der Waals surface area contributed by atoms with Crippen LogP contribution in [0.15, 0.2) is 24.3 Å². The summed E-state index contributed by atoms with van der Waals surface area (Å²) < 4.78 is 10.7. The van der Waals surface area contributed by atoms with Crippen LogP contribution in [0.2, 0.25) is 0 Å². The van der Waals surface area contributed by atoms with Crippen LogP contribution >= 0.6 is 0 Å². The van der Waals surface area contributed by atoms with E-state index in [-0.39, 0.29) is 18.1 Å². The van der Waals surface area contributed by atoms with Gasteiger partial charge in [0.2, 0.25) is 5.91 Å². The summed E-state index contributed by atoms with van der Waals surface area (Å²) in [6.07, 6.45) is 0. The maximum atomic E-state index is 11.6. The molecule has 0 aromatic heterocycles. The Labute approximate surface area is 119 Å². The van der Waals surface area contributed by atoms with Crippen molar-refractivity contribution in [1.29, 1.82) is 5.26 Å². The van der Waals surface area contributed by atoms with E-state index < -0.39 is 0 Å². The molecule has 5 nitrogen and oxygen atoms in total. The van der Waals surface area contributed by atoms with Gasteiger partial charge in [-0.05, 0) is 39.0 Å². The van der Waals surface area contributed by atoms with Crippen LogP contribution in [0.25, 0.3) is 0 Å². The predicted molar refractivity (Wildman–Crippen MR) is 76.3 cm³/mol. The second-order valence-corrected chi connectivity index (χ2v) is 5.25. The first-order chi connectivity index (χ1) is 9.40. The standard InChI is InChI=1S/C15H20N2O3/c1-15(2,3)20-8-7-19-11-14(18)17-13-6-4-5-12(9-13)10-16/h4-6,9H,7-8,11H2,1-3H3,(H,17,18). The highest BCUT2D eigenvalue weighted by Crippen LogP contribution is 2.09. The quantitative estimate of drug-likeness (QED) is 0.809. The summed E-state index contributed by atoms with van der Waals surface area (Å²) in [5, 5.41) is 11.4. The molecular formula is C15H20N2O3. The molecule has 0 saturated carbocycles. The zero-order chi connectivity index (χ0) is 15.0. The monoisotopic (exact) mass is 276 g/mol. The average molecular weight is 276 g/mol. The first kappa shape index (κ1) is 16.2. The Kier molecular flexibility index (Phi) is 6.16. The number of rotatable bonds is 6. The van der Waals surface area contributed by atoms with Gasteiger partial charge in [0.1, 0.15) is 6.61 Å². The summed E-state index contributed by atoms with van der Waals surface area (Å²) >= 11 is 0. The van der Waals surface area contributed by atoms with Crippen LogP contribution in [-0.2, 0) is 14.3 Å². The summed E-state index contributed by atoms with van der Waals surface area (Å²) in [6.45, 7) is 6.65. The third kappa shape index (κ3) is 6.88. The van der Waals surface area contributed by atoms with E-state index in [0.29, 0.717) is 24.5 Å². The fourth-order valence-electron chi connectivity index (χ4n) is 1.44. The van der Waals surface area contributed by atoms with Gasteiger partial charge < -0.3 is 14.8 Å². The van der Waals surface area contributed by atoms with Gasteiger partial charge in [0, 0.05) is 5.69 Å². The number of carbonyl (C=O) groups is 1. The SMILES string of the molecule is CC(C)(C)OCCOCC(=O)Nc1cccc(C#N)c1. The first-order valence-electron chi connectivity index (χ1n) is 6.42. The Morgan fingerprint density at radius 3 is 2.75 bits per heavy atom. The third-order valence-electron chi connectivity index (χ3n) is 2.27. The molecule has 20 heavy (non-hydrogen) atoms. The van der Waals surface area contributed by atoms with Crippen LogP contribution < -0.4 is 5.32 Å². The molecule has 0 atom stereocenters. The second kappa shape index (κ2) is 7.63. The predicted octanol–water partition coefficient (Wildman–Crippen LogP) is 2.33. The minimum absolute atomic E-state index is 0.0374. The summed E-state index contributed by atoms with van der Waals surface area (Å²) in [5.74, 6) is -0.254. The van der Waals surface area contributed by atoms with Crippen molar-refractivity contribution in [2.24, 2.45) is 0 Å². The van der Waals surface area contributed by atoms with E-state index in [2.05, 4.69) is 5.32 Å². The van der Waals surface area contributed by atoms with Crippen LogP contribution in [0.1, 0.15) is 26.3 Å². The lowest BCUT2D eigenvalue weighted by Crippen LogP contribution is -2.24. The van der Waals surface area contributed by atoms with Crippen molar-refractivity contribution in [2.45, 2.75) is 26.4 Å². The Morgan fingerprint density at radius 2 is 2.10 bits per heavy atom. The molecule has 0 saturated heterocycles. The highest BCUT2D eigenvalue weighted by Gasteiger charge is 2.09. The second-order valence-electron chi connectivity index (χ2n) is 5.25. The average Bonchev–Trinajstić information content (AvgIpc) is 2.37. The minimum atomic E-state index is -0.254. The van der Waals surface area contributed by atoms with E-state index in [0.717, 1.165) is 0 Å². The summed E-state index contributed by atoms with van der Waals surface area (Å²) in [7, 11) is 0. The highest BCUT2D eigenvalue weighted by atomic mass is 16.5. The van der Waals surface area contributed by atoms with Gasteiger partial charge in [-0.25, -0.2) is 0 Å². The Hall–Kier alpha value is -1.90. The van der Waals surface area contributed by atoms with Gasteiger partial charge in [-0.3, -0.25) is 4.79 Å². The molecule has 108 valence electrons. The van der Waals surface area contributed by atoms with E-state index in [1.807, 2.05) is 26.8 Å². The molecule has 0 spiro atoms. The Balaban J connectivity index is 2.25. The van der Waals surface area contributed by atoms with Gasteiger partial charge in [0.05, 0.1) is 30.4 Å². The van der Waals surface area contributed by atoms with Crippen molar-refractivity contribution in [3.8, 4) is 6.07 Å². The topological polar surface area (TPSA) is 71.3 Å². The fourth-order valence-corrected chi connectivity index (χ4v) is 1.44. The number of nitrogens with zero attached hydrogens (tertiary/aromatic N) is 1. The normalized spacial score (nSPS) is 10.9. The lowest BCUT2D eigenvalue weighted by Gasteiger charge is -2.19. The number of hydrogen-bond donors (Lipinski definition) is 1. The lowest BCUT2D eigenvalue weighted by molar-refractivity contribution is -0.121. The Bertz CT molecular complexity index is 487. The molecule has 0 aliphatic heterocycles. The van der Waals surface area contributed by atoms with Gasteiger partial charge in [0.15, 0.2) is 0 Å². The fraction of sp³-hybridized carbons (Fsp3) is 0.467. The molecular weight excluding hydrogens is 256 g/mol. The van der Waals surface area contributed by atoms with Crippen molar-refractivity contribution in [3.63, 3.8) is 0 Å². The van der Waals surface area contributed by atoms with Crippen LogP contribution in [-0.4, -0.2) is 31.3 Å². The summed E-state index contributed by atoms with van der Waals surface area (Å²) in [5.41, 5.74) is 0.884. The minimum Gasteiger partial charge on any atom is -0.373 e. The van der Waals surface area contributed by atoms with Crippen molar-refractivity contribution < 1.29 is 14.3 Å². The number of anilines is 1. The van der Waals surface area contributed by atoms with E-state index >= 15 is 0 Å². The molecule has 0 aliphatic rings. The largest absolute Gasteiger partial charge is 0.373 e. The molecule has 1 N–H and O–H groups in total. The number of nitrogens with one attached hydrogen (secondary N) is 1. The lowest BCUT2D eigenvalue weighted by atomic mass is 10.2. The molecule has 0 unspecified atom stereocenters. The van der Waals surface area contributed by atoms with Crippen molar-refractivity contribution in [2.75, 3.05) is 25.1 Å². The zero-order valence-electron chi connectivity index (χ0n) is 12.1. The highest BCUT2D eigenvalue weighted by molar-refractivity contribution is 5.91. The Morgan fingerprint density at radius 1 is 1.35 bits per heavy atom. The van der Waals surface area contributed by atoms with Crippen LogP contribution in [0, 0.1) is 11.3 Å². The number of hydrogen-bond acceptors (Lipinski definition) is 4. The molecule has 1 amide bonds. The number of carbonyl (C=O) groups excluding carboxylic acids is 1. The molecule has 0 bridgehead atoms. The summed E-state index contributed by atoms with van der Waals surface area (Å²) in [4.78, 5) is 11.6. The van der Waals surface area contributed by atoms with E-state index in [1.54, 1.807) is 24.3 Å². The van der Waals surface area contributed by atoms with Crippen LogP contribution in [0.5, 0.6) is 0 Å². The van der Waals surface area contributed by atoms with E-state index in [4.69, 9.17) is 14.7 Å². The van der Waals surface area contributed by atoms with Gasteiger partial charge in [-0.15, -0.1) is 0 Å². The third-order valence-corrected chi connectivity index (χ3v) is 2.27. The van der Waals surface area contributed by atoms with Crippen LogP contribution in [0.4, 0.5) is 5.69 Å². The molecule has 1 rings (SSSR count). The smallest absolute Gasteiger partial charge is 0.250 e. The molecule has 0 aliphatic carbocycles. The number of benzene rings is 1. The van der Waals surface area contributed by atoms with Gasteiger partial charge >= 0.3 is 0 Å². The zero-order valence-corrected chi connectivity index (χ0v) is 12.1. The van der Waals surface area contributed by atoms with Crippen molar-refractivity contribution in [1.82, 2.24) is 0 Å². The maximum absolute atomic E-state index is 11.6. The molecule has 1 aromatic rings. The molecule has 0 fully saturated rings. The molecule has 1 aromatic carbocycles. The van der Waals surface area contributed by atoms with E-state index in [1.165, 1.54) is 0 Å². The number of amides is 1. The van der Waals surface area contributed by atoms with Crippen molar-refractivity contribution in [3.05, 3.63) is 29.8 Å². The van der Waals surface area contributed by atoms with Gasteiger partial charge in [-0.2, -0.15) is 5.26 Å². The van der Waals surface area contributed by atoms with E-state index in [9.17, 15) is 4.79 Å².